The number of rotatable bonds is 5. The Morgan fingerprint density at radius 2 is 2.00 bits per heavy atom. The predicted octanol–water partition coefficient (Wildman–Crippen LogP) is 2.58. The molecule has 0 saturated heterocycles. The molecule has 1 aromatic heterocycles. The third kappa shape index (κ3) is 4.17. The summed E-state index contributed by atoms with van der Waals surface area (Å²) in [7, 11) is 0. The second-order valence-corrected chi connectivity index (χ2v) is 4.23. The lowest BCUT2D eigenvalue weighted by Gasteiger charge is -2.05. The Balaban J connectivity index is 1.72. The Bertz CT molecular complexity index is 526. The minimum atomic E-state index is -0.228. The minimum Gasteiger partial charge on any atom is -0.352 e. The second-order valence-electron chi connectivity index (χ2n) is 4.23. The van der Waals surface area contributed by atoms with Crippen LogP contribution in [0, 0.1) is 5.82 Å². The lowest BCUT2D eigenvalue weighted by molar-refractivity contribution is 0.0953. The van der Waals surface area contributed by atoms with E-state index in [2.05, 4.69) is 10.3 Å². The molecule has 0 fully saturated rings. The molecule has 1 aromatic carbocycles. The van der Waals surface area contributed by atoms with Crippen molar-refractivity contribution in [3.8, 4) is 0 Å². The van der Waals surface area contributed by atoms with E-state index in [1.54, 1.807) is 30.5 Å². The first-order valence-corrected chi connectivity index (χ1v) is 6.18. The van der Waals surface area contributed by atoms with Crippen molar-refractivity contribution < 1.29 is 9.18 Å². The maximum Gasteiger partial charge on any atom is 0.252 e. The van der Waals surface area contributed by atoms with Crippen molar-refractivity contribution in [2.45, 2.75) is 12.8 Å². The van der Waals surface area contributed by atoms with Crippen LogP contribution in [0.4, 0.5) is 4.39 Å². The maximum atomic E-state index is 12.7. The molecule has 98 valence electrons. The highest BCUT2D eigenvalue weighted by Gasteiger charge is 2.03. The molecular weight excluding hydrogens is 243 g/mol. The summed E-state index contributed by atoms with van der Waals surface area (Å²) in [5.74, 6) is -0.346. The highest BCUT2D eigenvalue weighted by molar-refractivity contribution is 5.93. The summed E-state index contributed by atoms with van der Waals surface area (Å²) in [4.78, 5) is 15.6. The van der Waals surface area contributed by atoms with Crippen LogP contribution in [0.2, 0.25) is 0 Å². The van der Waals surface area contributed by atoms with Gasteiger partial charge in [-0.25, -0.2) is 4.39 Å². The van der Waals surface area contributed by atoms with Gasteiger partial charge in [-0.1, -0.05) is 12.1 Å². The molecule has 1 amide bonds. The van der Waals surface area contributed by atoms with Gasteiger partial charge in [0.2, 0.25) is 0 Å². The Hall–Kier alpha value is -2.23. The molecule has 19 heavy (non-hydrogen) atoms. The first-order chi connectivity index (χ1) is 9.25. The van der Waals surface area contributed by atoms with E-state index in [0.717, 1.165) is 18.4 Å². The summed E-state index contributed by atoms with van der Waals surface area (Å²) in [5.41, 5.74) is 1.63. The van der Waals surface area contributed by atoms with Crippen molar-refractivity contribution in [1.29, 1.82) is 0 Å². The minimum absolute atomic E-state index is 0.118. The Morgan fingerprint density at radius 1 is 1.21 bits per heavy atom. The molecule has 0 radical (unpaired) electrons. The number of carbonyl (C=O) groups is 1. The van der Waals surface area contributed by atoms with Crippen molar-refractivity contribution in [2.75, 3.05) is 6.54 Å². The summed E-state index contributed by atoms with van der Waals surface area (Å²) >= 11 is 0. The topological polar surface area (TPSA) is 42.0 Å². The molecule has 0 saturated carbocycles. The quantitative estimate of drug-likeness (QED) is 0.837. The molecule has 0 unspecified atom stereocenters. The number of pyridine rings is 1. The van der Waals surface area contributed by atoms with Gasteiger partial charge in [-0.05, 0) is 42.7 Å². The fourth-order valence-corrected chi connectivity index (χ4v) is 1.74. The summed E-state index contributed by atoms with van der Waals surface area (Å²) < 4.78 is 12.7. The van der Waals surface area contributed by atoms with Gasteiger partial charge in [0.1, 0.15) is 5.82 Å². The predicted molar refractivity (Wildman–Crippen MR) is 71.3 cm³/mol. The molecule has 1 heterocycles. The molecule has 0 bridgehead atoms. The molecular formula is C15H15FN2O. The molecule has 0 aliphatic rings. The number of nitrogens with zero attached hydrogens (tertiary/aromatic N) is 1. The van der Waals surface area contributed by atoms with Crippen molar-refractivity contribution in [3.05, 3.63) is 65.7 Å². The van der Waals surface area contributed by atoms with E-state index in [-0.39, 0.29) is 11.7 Å². The smallest absolute Gasteiger partial charge is 0.252 e. The van der Waals surface area contributed by atoms with E-state index in [9.17, 15) is 9.18 Å². The fourth-order valence-electron chi connectivity index (χ4n) is 1.74. The van der Waals surface area contributed by atoms with Gasteiger partial charge in [0.05, 0.1) is 5.56 Å². The lowest BCUT2D eigenvalue weighted by Crippen LogP contribution is -2.24. The van der Waals surface area contributed by atoms with Gasteiger partial charge < -0.3 is 5.32 Å². The molecule has 0 atom stereocenters. The van der Waals surface area contributed by atoms with E-state index in [1.807, 2.05) is 0 Å². The molecule has 0 aliphatic heterocycles. The van der Waals surface area contributed by atoms with Crippen molar-refractivity contribution in [2.24, 2.45) is 0 Å². The van der Waals surface area contributed by atoms with E-state index in [4.69, 9.17) is 0 Å². The van der Waals surface area contributed by atoms with Crippen LogP contribution in [0.5, 0.6) is 0 Å². The van der Waals surface area contributed by atoms with E-state index in [0.29, 0.717) is 12.1 Å². The summed E-state index contributed by atoms with van der Waals surface area (Å²) in [6.07, 6.45) is 4.80. The normalized spacial score (nSPS) is 10.2. The Labute approximate surface area is 111 Å². The monoisotopic (exact) mass is 258 g/mol. The summed E-state index contributed by atoms with van der Waals surface area (Å²) in [6, 6.07) is 9.87. The third-order valence-electron chi connectivity index (χ3n) is 2.76. The number of amides is 1. The zero-order chi connectivity index (χ0) is 13.5. The summed E-state index contributed by atoms with van der Waals surface area (Å²) in [5, 5.41) is 2.83. The maximum absolute atomic E-state index is 12.7. The third-order valence-corrected chi connectivity index (χ3v) is 2.76. The Kier molecular flexibility index (Phi) is 4.61. The summed E-state index contributed by atoms with van der Waals surface area (Å²) in [6.45, 7) is 0.588. The highest BCUT2D eigenvalue weighted by atomic mass is 19.1. The first-order valence-electron chi connectivity index (χ1n) is 6.18. The molecule has 0 aliphatic carbocycles. The van der Waals surface area contributed by atoms with Gasteiger partial charge in [-0.2, -0.15) is 0 Å². The first kappa shape index (κ1) is 13.2. The van der Waals surface area contributed by atoms with Gasteiger partial charge in [-0.3, -0.25) is 9.78 Å². The molecule has 3 nitrogen and oxygen atoms in total. The number of benzene rings is 1. The standard InChI is InChI=1S/C15H15FN2O/c16-14-7-5-12(6-8-14)3-1-10-18-15(19)13-4-2-9-17-11-13/h2,4-9,11H,1,3,10H2,(H,18,19). The average molecular weight is 258 g/mol. The number of carbonyl (C=O) groups excluding carboxylic acids is 1. The van der Waals surface area contributed by atoms with Gasteiger partial charge in [0.25, 0.3) is 5.91 Å². The van der Waals surface area contributed by atoms with Crippen LogP contribution in [0.25, 0.3) is 0 Å². The number of hydrogen-bond acceptors (Lipinski definition) is 2. The van der Waals surface area contributed by atoms with Crippen LogP contribution in [-0.2, 0) is 6.42 Å². The van der Waals surface area contributed by atoms with Crippen molar-refractivity contribution in [3.63, 3.8) is 0 Å². The van der Waals surface area contributed by atoms with Crippen LogP contribution >= 0.6 is 0 Å². The Morgan fingerprint density at radius 3 is 2.68 bits per heavy atom. The van der Waals surface area contributed by atoms with Crippen LogP contribution < -0.4 is 5.32 Å². The van der Waals surface area contributed by atoms with Crippen LogP contribution in [0.15, 0.2) is 48.8 Å². The molecule has 4 heteroatoms. The van der Waals surface area contributed by atoms with Crippen molar-refractivity contribution >= 4 is 5.91 Å². The molecule has 2 aromatic rings. The average Bonchev–Trinajstić information content (AvgIpc) is 2.46. The number of hydrogen-bond donors (Lipinski definition) is 1. The number of aryl methyl sites for hydroxylation is 1. The van der Waals surface area contributed by atoms with Gasteiger partial charge in [0.15, 0.2) is 0 Å². The van der Waals surface area contributed by atoms with Gasteiger partial charge >= 0.3 is 0 Å². The zero-order valence-electron chi connectivity index (χ0n) is 10.5. The highest BCUT2D eigenvalue weighted by Crippen LogP contribution is 2.05. The van der Waals surface area contributed by atoms with Crippen LogP contribution in [0.1, 0.15) is 22.3 Å². The molecule has 2 rings (SSSR count). The van der Waals surface area contributed by atoms with Crippen LogP contribution in [-0.4, -0.2) is 17.4 Å². The lowest BCUT2D eigenvalue weighted by atomic mass is 10.1. The van der Waals surface area contributed by atoms with Gasteiger partial charge in [0, 0.05) is 18.9 Å². The largest absolute Gasteiger partial charge is 0.352 e. The zero-order valence-corrected chi connectivity index (χ0v) is 10.5. The number of aromatic nitrogens is 1. The number of halogens is 1. The molecule has 1 N–H and O–H groups in total. The second kappa shape index (κ2) is 6.64. The SMILES string of the molecule is O=C(NCCCc1ccc(F)cc1)c1cccnc1. The van der Waals surface area contributed by atoms with E-state index < -0.39 is 0 Å². The number of nitrogens with one attached hydrogen (secondary N) is 1. The fraction of sp³-hybridized carbons (Fsp3) is 0.200. The molecule has 0 spiro atoms. The van der Waals surface area contributed by atoms with Crippen LogP contribution in [0.3, 0.4) is 0 Å². The van der Waals surface area contributed by atoms with Gasteiger partial charge in [-0.15, -0.1) is 0 Å². The van der Waals surface area contributed by atoms with E-state index in [1.165, 1.54) is 18.3 Å². The van der Waals surface area contributed by atoms with Crippen molar-refractivity contribution in [1.82, 2.24) is 10.3 Å². The van der Waals surface area contributed by atoms with E-state index >= 15 is 0 Å².